The van der Waals surface area contributed by atoms with Crippen LogP contribution in [0.4, 0.5) is 0 Å². The highest BCUT2D eigenvalue weighted by molar-refractivity contribution is 5.17. The Morgan fingerprint density at radius 2 is 2.00 bits per heavy atom. The van der Waals surface area contributed by atoms with Crippen molar-refractivity contribution in [3.8, 4) is 5.88 Å². The number of methoxy groups -OCH3 is 1. The fraction of sp³-hybridized carbons (Fsp3) is 0.688. The highest BCUT2D eigenvalue weighted by atomic mass is 16.5. The molecule has 1 atom stereocenters. The first-order chi connectivity index (χ1) is 9.78. The number of rotatable bonds is 6. The molecular weight excluding hydrogens is 250 g/mol. The van der Waals surface area contributed by atoms with Gasteiger partial charge in [-0.3, -0.25) is 0 Å². The predicted octanol–water partition coefficient (Wildman–Crippen LogP) is 2.44. The molecule has 0 aliphatic carbocycles. The summed E-state index contributed by atoms with van der Waals surface area (Å²) in [6.45, 7) is 6.80. The summed E-state index contributed by atoms with van der Waals surface area (Å²) >= 11 is 0. The molecule has 4 nitrogen and oxygen atoms in total. The van der Waals surface area contributed by atoms with Gasteiger partial charge in [-0.15, -0.1) is 0 Å². The van der Waals surface area contributed by atoms with E-state index in [9.17, 15) is 0 Å². The summed E-state index contributed by atoms with van der Waals surface area (Å²) in [5, 5.41) is 3.58. The van der Waals surface area contributed by atoms with E-state index in [1.54, 1.807) is 7.11 Å². The zero-order valence-electron chi connectivity index (χ0n) is 12.8. The molecule has 1 N–H and O–H groups in total. The van der Waals surface area contributed by atoms with Crippen molar-refractivity contribution in [1.29, 1.82) is 0 Å². The van der Waals surface area contributed by atoms with Gasteiger partial charge in [-0.25, -0.2) is 4.98 Å². The van der Waals surface area contributed by atoms with Crippen LogP contribution < -0.4 is 10.1 Å². The SMILES string of the molecule is COc1ccc(CN[C@H](C)CN2CCCCCC2)cn1. The first kappa shape index (κ1) is 15.3. The lowest BCUT2D eigenvalue weighted by Crippen LogP contribution is -2.39. The predicted molar refractivity (Wildman–Crippen MR) is 82.0 cm³/mol. The van der Waals surface area contributed by atoms with Gasteiger partial charge in [-0.2, -0.15) is 0 Å². The van der Waals surface area contributed by atoms with Crippen LogP contribution in [0.15, 0.2) is 18.3 Å². The van der Waals surface area contributed by atoms with E-state index in [1.165, 1.54) is 44.3 Å². The number of nitrogens with one attached hydrogen (secondary N) is 1. The van der Waals surface area contributed by atoms with Gasteiger partial charge in [-0.05, 0) is 38.4 Å². The van der Waals surface area contributed by atoms with Crippen molar-refractivity contribution in [2.24, 2.45) is 0 Å². The average Bonchev–Trinajstić information content (AvgIpc) is 2.74. The molecule has 4 heteroatoms. The van der Waals surface area contributed by atoms with E-state index in [1.807, 2.05) is 12.3 Å². The molecule has 1 aliphatic rings. The summed E-state index contributed by atoms with van der Waals surface area (Å²) in [6.07, 6.45) is 7.39. The molecule has 0 aromatic carbocycles. The van der Waals surface area contributed by atoms with E-state index in [4.69, 9.17) is 4.74 Å². The number of ether oxygens (including phenoxy) is 1. The van der Waals surface area contributed by atoms with Crippen LogP contribution in [0.3, 0.4) is 0 Å². The fourth-order valence-corrected chi connectivity index (χ4v) is 2.70. The Morgan fingerprint density at radius 3 is 2.60 bits per heavy atom. The summed E-state index contributed by atoms with van der Waals surface area (Å²) in [4.78, 5) is 6.82. The number of pyridine rings is 1. The Bertz CT molecular complexity index is 372. The van der Waals surface area contributed by atoms with Gasteiger partial charge < -0.3 is 15.0 Å². The van der Waals surface area contributed by atoms with E-state index in [2.05, 4.69) is 28.2 Å². The van der Waals surface area contributed by atoms with Crippen LogP contribution in [0, 0.1) is 0 Å². The van der Waals surface area contributed by atoms with Crippen molar-refractivity contribution < 1.29 is 4.74 Å². The molecule has 1 aliphatic heterocycles. The molecule has 0 saturated carbocycles. The Hall–Kier alpha value is -1.13. The Kier molecular flexibility index (Phi) is 6.27. The first-order valence-electron chi connectivity index (χ1n) is 7.72. The van der Waals surface area contributed by atoms with E-state index in [-0.39, 0.29) is 0 Å². The van der Waals surface area contributed by atoms with Gasteiger partial charge in [0.15, 0.2) is 0 Å². The lowest BCUT2D eigenvalue weighted by molar-refractivity contribution is 0.255. The van der Waals surface area contributed by atoms with E-state index in [0.717, 1.165) is 13.1 Å². The maximum absolute atomic E-state index is 5.07. The second kappa shape index (κ2) is 8.22. The third kappa shape index (κ3) is 5.10. The van der Waals surface area contributed by atoms with Crippen LogP contribution >= 0.6 is 0 Å². The smallest absolute Gasteiger partial charge is 0.212 e. The summed E-state index contributed by atoms with van der Waals surface area (Å²) in [5.74, 6) is 0.673. The molecule has 0 bridgehead atoms. The van der Waals surface area contributed by atoms with Crippen molar-refractivity contribution in [3.63, 3.8) is 0 Å². The van der Waals surface area contributed by atoms with Gasteiger partial charge in [0.05, 0.1) is 7.11 Å². The first-order valence-corrected chi connectivity index (χ1v) is 7.72. The Morgan fingerprint density at radius 1 is 1.25 bits per heavy atom. The summed E-state index contributed by atoms with van der Waals surface area (Å²) < 4.78 is 5.07. The molecular formula is C16H27N3O. The number of hydrogen-bond acceptors (Lipinski definition) is 4. The van der Waals surface area contributed by atoms with Crippen LogP contribution in [0.25, 0.3) is 0 Å². The standard InChI is InChI=1S/C16H27N3O/c1-14(13-19-9-5-3-4-6-10-19)17-11-15-7-8-16(20-2)18-12-15/h7-8,12,14,17H,3-6,9-11,13H2,1-2H3/t14-/m1/s1. The second-order valence-electron chi connectivity index (χ2n) is 5.71. The number of likely N-dealkylation sites (tertiary alicyclic amines) is 1. The third-order valence-corrected chi connectivity index (χ3v) is 3.89. The molecule has 1 aromatic heterocycles. The lowest BCUT2D eigenvalue weighted by atomic mass is 10.2. The van der Waals surface area contributed by atoms with E-state index in [0.29, 0.717) is 11.9 Å². The number of nitrogens with zero attached hydrogens (tertiary/aromatic N) is 2. The minimum atomic E-state index is 0.509. The minimum Gasteiger partial charge on any atom is -0.481 e. The Balaban J connectivity index is 1.71. The third-order valence-electron chi connectivity index (χ3n) is 3.89. The summed E-state index contributed by atoms with van der Waals surface area (Å²) in [5.41, 5.74) is 1.20. The highest BCUT2D eigenvalue weighted by Crippen LogP contribution is 2.10. The number of aromatic nitrogens is 1. The van der Waals surface area contributed by atoms with Crippen molar-refractivity contribution >= 4 is 0 Å². The van der Waals surface area contributed by atoms with Gasteiger partial charge >= 0.3 is 0 Å². The van der Waals surface area contributed by atoms with Crippen LogP contribution in [0.2, 0.25) is 0 Å². The molecule has 1 aromatic rings. The molecule has 2 heterocycles. The van der Waals surface area contributed by atoms with Gasteiger partial charge in [0.25, 0.3) is 0 Å². The minimum absolute atomic E-state index is 0.509. The van der Waals surface area contributed by atoms with Gasteiger partial charge in [-0.1, -0.05) is 18.9 Å². The maximum atomic E-state index is 5.07. The molecule has 112 valence electrons. The van der Waals surface area contributed by atoms with Gasteiger partial charge in [0, 0.05) is 31.4 Å². The quantitative estimate of drug-likeness (QED) is 0.866. The summed E-state index contributed by atoms with van der Waals surface area (Å²) in [6, 6.07) is 4.49. The molecule has 1 saturated heterocycles. The molecule has 1 fully saturated rings. The zero-order valence-corrected chi connectivity index (χ0v) is 12.8. The fourth-order valence-electron chi connectivity index (χ4n) is 2.70. The summed E-state index contributed by atoms with van der Waals surface area (Å²) in [7, 11) is 1.64. The van der Waals surface area contributed by atoms with Crippen LogP contribution in [0.5, 0.6) is 5.88 Å². The second-order valence-corrected chi connectivity index (χ2v) is 5.71. The van der Waals surface area contributed by atoms with Gasteiger partial charge in [0.2, 0.25) is 5.88 Å². The maximum Gasteiger partial charge on any atom is 0.212 e. The highest BCUT2D eigenvalue weighted by Gasteiger charge is 2.12. The van der Waals surface area contributed by atoms with Crippen molar-refractivity contribution in [1.82, 2.24) is 15.2 Å². The topological polar surface area (TPSA) is 37.4 Å². The lowest BCUT2D eigenvalue weighted by Gasteiger charge is -2.24. The monoisotopic (exact) mass is 277 g/mol. The average molecular weight is 277 g/mol. The van der Waals surface area contributed by atoms with Crippen LogP contribution in [-0.4, -0.2) is 42.7 Å². The van der Waals surface area contributed by atoms with Crippen molar-refractivity contribution in [3.05, 3.63) is 23.9 Å². The van der Waals surface area contributed by atoms with E-state index < -0.39 is 0 Å². The molecule has 0 spiro atoms. The van der Waals surface area contributed by atoms with Gasteiger partial charge in [0.1, 0.15) is 0 Å². The molecule has 0 unspecified atom stereocenters. The molecule has 20 heavy (non-hydrogen) atoms. The zero-order chi connectivity index (χ0) is 14.2. The normalized spacial score (nSPS) is 18.5. The van der Waals surface area contributed by atoms with Crippen molar-refractivity contribution in [2.75, 3.05) is 26.7 Å². The van der Waals surface area contributed by atoms with Crippen molar-refractivity contribution in [2.45, 2.75) is 45.2 Å². The largest absolute Gasteiger partial charge is 0.481 e. The molecule has 2 rings (SSSR count). The van der Waals surface area contributed by atoms with E-state index >= 15 is 0 Å². The van der Waals surface area contributed by atoms with Crippen LogP contribution in [0.1, 0.15) is 38.2 Å². The van der Waals surface area contributed by atoms with Crippen LogP contribution in [-0.2, 0) is 6.54 Å². The molecule has 0 radical (unpaired) electrons. The molecule has 0 amide bonds. The number of hydrogen-bond donors (Lipinski definition) is 1. The Labute approximate surface area is 122 Å².